The molecule has 2 amide bonds. The van der Waals surface area contributed by atoms with E-state index in [4.69, 9.17) is 27.9 Å². The second kappa shape index (κ2) is 16.2. The second-order valence-corrected chi connectivity index (χ2v) is 14.3. The molecule has 47 heavy (non-hydrogen) atoms. The van der Waals surface area contributed by atoms with Crippen LogP contribution in [-0.2, 0) is 32.6 Å². The highest BCUT2D eigenvalue weighted by Crippen LogP contribution is 2.29. The van der Waals surface area contributed by atoms with Crippen molar-refractivity contribution in [2.45, 2.75) is 44.7 Å². The maximum atomic E-state index is 14.6. The van der Waals surface area contributed by atoms with E-state index in [1.807, 2.05) is 51.1 Å². The molecule has 0 saturated carbocycles. The van der Waals surface area contributed by atoms with E-state index in [1.165, 1.54) is 24.1 Å². The Bertz CT molecular complexity index is 1750. The van der Waals surface area contributed by atoms with Gasteiger partial charge < -0.3 is 15.0 Å². The van der Waals surface area contributed by atoms with Crippen LogP contribution in [0.25, 0.3) is 0 Å². The molecular weight excluding hydrogens is 657 g/mol. The molecule has 0 saturated heterocycles. The van der Waals surface area contributed by atoms with Gasteiger partial charge in [0.05, 0.1) is 17.7 Å². The number of hydrogen-bond acceptors (Lipinski definition) is 5. The lowest BCUT2D eigenvalue weighted by Gasteiger charge is -2.34. The van der Waals surface area contributed by atoms with E-state index in [2.05, 4.69) is 5.32 Å². The summed E-state index contributed by atoms with van der Waals surface area (Å²) in [5.41, 5.74) is 2.47. The number of aryl methyl sites for hydroxylation is 1. The number of nitrogens with one attached hydrogen (secondary N) is 1. The number of anilines is 1. The Kier molecular flexibility index (Phi) is 12.3. The van der Waals surface area contributed by atoms with Crippen molar-refractivity contribution in [3.63, 3.8) is 0 Å². The molecule has 0 aliphatic rings. The van der Waals surface area contributed by atoms with Crippen LogP contribution in [0.4, 0.5) is 5.69 Å². The van der Waals surface area contributed by atoms with Gasteiger partial charge in [-0.25, -0.2) is 8.42 Å². The molecule has 0 aliphatic carbocycles. The molecule has 0 radical (unpaired) electrons. The molecule has 4 aromatic rings. The van der Waals surface area contributed by atoms with E-state index in [0.717, 1.165) is 15.4 Å². The number of amides is 2. The Morgan fingerprint density at radius 3 is 2.04 bits per heavy atom. The highest BCUT2D eigenvalue weighted by molar-refractivity contribution is 7.92. The van der Waals surface area contributed by atoms with Gasteiger partial charge in [-0.15, -0.1) is 0 Å². The number of rotatable bonds is 14. The fourth-order valence-corrected chi connectivity index (χ4v) is 6.88. The van der Waals surface area contributed by atoms with Crippen molar-refractivity contribution in [1.29, 1.82) is 0 Å². The van der Waals surface area contributed by atoms with Crippen LogP contribution in [0.3, 0.4) is 0 Å². The third-order valence-electron chi connectivity index (χ3n) is 7.59. The number of ether oxygens (including phenoxy) is 1. The molecule has 4 rings (SSSR count). The maximum Gasteiger partial charge on any atom is 0.264 e. The quantitative estimate of drug-likeness (QED) is 0.155. The van der Waals surface area contributed by atoms with Crippen molar-refractivity contribution < 1.29 is 22.7 Å². The first-order valence-electron chi connectivity index (χ1n) is 15.2. The number of carbonyl (C=O) groups is 2. The Hall–Kier alpha value is -4.05. The molecule has 0 aromatic heterocycles. The van der Waals surface area contributed by atoms with E-state index < -0.39 is 28.5 Å². The minimum absolute atomic E-state index is 0.0251. The van der Waals surface area contributed by atoms with Gasteiger partial charge in [0, 0.05) is 35.1 Å². The molecule has 1 N–H and O–H groups in total. The summed E-state index contributed by atoms with van der Waals surface area (Å²) in [5.74, 6) is -0.343. The lowest BCUT2D eigenvalue weighted by atomic mass is 10.0. The van der Waals surface area contributed by atoms with Crippen LogP contribution >= 0.6 is 23.2 Å². The highest BCUT2D eigenvalue weighted by atomic mass is 35.5. The fraction of sp³-hybridized carbons (Fsp3) is 0.278. The molecule has 4 aromatic carbocycles. The van der Waals surface area contributed by atoms with Crippen molar-refractivity contribution >= 4 is 50.7 Å². The van der Waals surface area contributed by atoms with Gasteiger partial charge in [0.15, 0.2) is 0 Å². The summed E-state index contributed by atoms with van der Waals surface area (Å²) < 4.78 is 34.7. The van der Waals surface area contributed by atoms with E-state index in [-0.39, 0.29) is 29.7 Å². The zero-order chi connectivity index (χ0) is 34.1. The van der Waals surface area contributed by atoms with Crippen molar-refractivity contribution in [3.05, 3.63) is 124 Å². The zero-order valence-corrected chi connectivity index (χ0v) is 29.1. The van der Waals surface area contributed by atoms with Crippen LogP contribution in [0.2, 0.25) is 10.0 Å². The fourth-order valence-electron chi connectivity index (χ4n) is 4.94. The molecule has 0 aliphatic heterocycles. The molecule has 0 fully saturated rings. The van der Waals surface area contributed by atoms with Crippen molar-refractivity contribution in [3.8, 4) is 5.75 Å². The summed E-state index contributed by atoms with van der Waals surface area (Å²) in [6, 6.07) is 26.1. The highest BCUT2D eigenvalue weighted by Gasteiger charge is 2.35. The van der Waals surface area contributed by atoms with Gasteiger partial charge in [0.2, 0.25) is 11.8 Å². The van der Waals surface area contributed by atoms with Gasteiger partial charge in [-0.2, -0.15) is 0 Å². The summed E-state index contributed by atoms with van der Waals surface area (Å²) in [6.07, 6.45) is 0.175. The molecule has 8 nitrogen and oxygen atoms in total. The number of benzene rings is 4. The topological polar surface area (TPSA) is 96.0 Å². The Morgan fingerprint density at radius 1 is 0.851 bits per heavy atom. The normalized spacial score (nSPS) is 12.0. The number of sulfonamides is 1. The first-order valence-corrected chi connectivity index (χ1v) is 17.4. The van der Waals surface area contributed by atoms with E-state index in [9.17, 15) is 18.0 Å². The lowest BCUT2D eigenvalue weighted by Crippen LogP contribution is -2.53. The van der Waals surface area contributed by atoms with Gasteiger partial charge in [0.25, 0.3) is 10.0 Å². The lowest BCUT2D eigenvalue weighted by molar-refractivity contribution is -0.140. The Labute approximate surface area is 287 Å². The van der Waals surface area contributed by atoms with Crippen LogP contribution in [0, 0.1) is 12.8 Å². The minimum Gasteiger partial charge on any atom is -0.497 e. The third-order valence-corrected chi connectivity index (χ3v) is 10.1. The summed E-state index contributed by atoms with van der Waals surface area (Å²) in [4.78, 5) is 29.9. The number of halogens is 2. The zero-order valence-electron chi connectivity index (χ0n) is 26.8. The molecule has 0 heterocycles. The van der Waals surface area contributed by atoms with Crippen LogP contribution in [0.5, 0.6) is 5.75 Å². The summed E-state index contributed by atoms with van der Waals surface area (Å²) in [6.45, 7) is 5.50. The SMILES string of the molecule is COc1ccc(S(=O)(=O)N(CC(=O)N(Cc2c(Cl)cccc2Cl)[C@H](Cc2ccccc2)C(=O)NCC(C)C)c2ccc(C)cc2)cc1. The smallest absolute Gasteiger partial charge is 0.264 e. The monoisotopic (exact) mass is 695 g/mol. The van der Waals surface area contributed by atoms with E-state index in [0.29, 0.717) is 33.6 Å². The molecular formula is C36H39Cl2N3O5S. The summed E-state index contributed by atoms with van der Waals surface area (Å²) >= 11 is 13.2. The maximum absolute atomic E-state index is 14.6. The molecule has 248 valence electrons. The van der Waals surface area contributed by atoms with E-state index >= 15 is 0 Å². The van der Waals surface area contributed by atoms with Crippen molar-refractivity contribution in [2.75, 3.05) is 24.5 Å². The number of nitrogens with zero attached hydrogens (tertiary/aromatic N) is 2. The van der Waals surface area contributed by atoms with Crippen LogP contribution < -0.4 is 14.4 Å². The Morgan fingerprint density at radius 2 is 1.47 bits per heavy atom. The van der Waals surface area contributed by atoms with Crippen molar-refractivity contribution in [2.24, 2.45) is 5.92 Å². The Balaban J connectivity index is 1.83. The third kappa shape index (κ3) is 9.28. The van der Waals surface area contributed by atoms with Crippen LogP contribution in [-0.4, -0.2) is 51.4 Å². The van der Waals surface area contributed by atoms with Gasteiger partial charge in [0.1, 0.15) is 18.3 Å². The number of hydrogen-bond donors (Lipinski definition) is 1. The molecule has 11 heteroatoms. The predicted octanol–water partition coefficient (Wildman–Crippen LogP) is 6.92. The largest absolute Gasteiger partial charge is 0.497 e. The number of methoxy groups -OCH3 is 1. The van der Waals surface area contributed by atoms with Gasteiger partial charge in [-0.05, 0) is 66.9 Å². The van der Waals surface area contributed by atoms with Gasteiger partial charge in [-0.3, -0.25) is 13.9 Å². The number of carbonyl (C=O) groups excluding carboxylic acids is 2. The first kappa shape index (κ1) is 35.8. The van der Waals surface area contributed by atoms with Gasteiger partial charge >= 0.3 is 0 Å². The standard InChI is InChI=1S/C36H39Cl2N3O5S/c1-25(2)22-39-36(43)34(21-27-9-6-5-7-10-27)40(23-31-32(37)11-8-12-33(31)38)35(42)24-41(28-15-13-26(3)14-16-28)47(44,45)30-19-17-29(46-4)18-20-30/h5-20,25,34H,21-24H2,1-4H3,(H,39,43)/t34-/m1/s1. The average Bonchev–Trinajstić information content (AvgIpc) is 3.06. The average molecular weight is 697 g/mol. The minimum atomic E-state index is -4.26. The van der Waals surface area contributed by atoms with Crippen LogP contribution in [0.15, 0.2) is 102 Å². The van der Waals surface area contributed by atoms with Crippen LogP contribution in [0.1, 0.15) is 30.5 Å². The molecule has 0 spiro atoms. The molecule has 0 bridgehead atoms. The first-order chi connectivity index (χ1) is 22.4. The predicted molar refractivity (Wildman–Crippen MR) is 187 cm³/mol. The molecule has 0 unspecified atom stereocenters. The van der Waals surface area contributed by atoms with Gasteiger partial charge in [-0.1, -0.05) is 91.1 Å². The van der Waals surface area contributed by atoms with E-state index in [1.54, 1.807) is 54.6 Å². The van der Waals surface area contributed by atoms with Crippen molar-refractivity contribution in [1.82, 2.24) is 10.2 Å². The summed E-state index contributed by atoms with van der Waals surface area (Å²) in [5, 5.41) is 3.60. The second-order valence-electron chi connectivity index (χ2n) is 11.6. The summed E-state index contributed by atoms with van der Waals surface area (Å²) in [7, 11) is -2.77. The molecule has 1 atom stereocenters.